The van der Waals surface area contributed by atoms with Crippen molar-refractivity contribution in [3.8, 4) is 11.5 Å². The Bertz CT molecular complexity index is 1340. The Morgan fingerprint density at radius 3 is 2.10 bits per heavy atom. The molecule has 0 spiro atoms. The van der Waals surface area contributed by atoms with Gasteiger partial charge in [0.1, 0.15) is 6.61 Å². The van der Waals surface area contributed by atoms with Crippen LogP contribution >= 0.6 is 34.8 Å². The Morgan fingerprint density at radius 1 is 0.846 bits per heavy atom. The average Bonchev–Trinajstić information content (AvgIpc) is 2.92. The lowest BCUT2D eigenvalue weighted by Gasteiger charge is -2.44. The maximum absolute atomic E-state index is 13.5. The summed E-state index contributed by atoms with van der Waals surface area (Å²) in [5.41, 5.74) is 4.94. The summed E-state index contributed by atoms with van der Waals surface area (Å²) in [4.78, 5) is 29.1. The van der Waals surface area contributed by atoms with Crippen LogP contribution in [0.3, 0.4) is 0 Å². The molecule has 1 heterocycles. The van der Waals surface area contributed by atoms with Gasteiger partial charge in [0.15, 0.2) is 23.1 Å². The first-order valence-electron chi connectivity index (χ1n) is 13.1. The van der Waals surface area contributed by atoms with Gasteiger partial charge >= 0.3 is 0 Å². The van der Waals surface area contributed by atoms with Crippen molar-refractivity contribution in [3.63, 3.8) is 0 Å². The third kappa shape index (κ3) is 5.45. The van der Waals surface area contributed by atoms with E-state index in [-0.39, 0.29) is 18.2 Å². The van der Waals surface area contributed by atoms with Gasteiger partial charge in [-0.25, -0.2) is 0 Å². The van der Waals surface area contributed by atoms with E-state index in [1.165, 1.54) is 0 Å². The highest BCUT2D eigenvalue weighted by Gasteiger charge is 2.43. The maximum atomic E-state index is 13.5. The smallest absolute Gasteiger partial charge is 0.180 e. The third-order valence-corrected chi connectivity index (χ3v) is 8.58. The van der Waals surface area contributed by atoms with Crippen LogP contribution in [-0.4, -0.2) is 43.8 Å². The summed E-state index contributed by atoms with van der Waals surface area (Å²) in [5.74, 6) is 0.451. The quantitative estimate of drug-likeness (QED) is 0.322. The Balaban J connectivity index is 1.57. The number of rotatable bonds is 8. The summed E-state index contributed by atoms with van der Waals surface area (Å²) < 4.78 is 17.1. The summed E-state index contributed by atoms with van der Waals surface area (Å²) >= 11 is 19.0. The van der Waals surface area contributed by atoms with Crippen molar-refractivity contribution in [3.05, 3.63) is 79.1 Å². The molecule has 0 fully saturated rings. The van der Waals surface area contributed by atoms with E-state index in [1.807, 2.05) is 12.1 Å². The minimum absolute atomic E-state index is 0.0728. The zero-order chi connectivity index (χ0) is 27.7. The highest BCUT2D eigenvalue weighted by Crippen LogP contribution is 2.51. The maximum Gasteiger partial charge on any atom is 0.180 e. The van der Waals surface area contributed by atoms with Crippen LogP contribution < -0.4 is 9.47 Å². The topological polar surface area (TPSA) is 65.1 Å². The Labute approximate surface area is 243 Å². The fraction of sp³-hybridized carbons (Fsp3) is 0.400. The number of ketones is 2. The summed E-state index contributed by atoms with van der Waals surface area (Å²) in [6, 6.07) is 8.91. The molecule has 0 saturated heterocycles. The van der Waals surface area contributed by atoms with E-state index < -0.39 is 5.92 Å². The SMILES string of the molecule is COCCN1C2=C(C(=O)CCC2)C(c2cc(Cl)c(OCc3ccc(Cl)c(Cl)c3)c(OC)c2)C2=C1CCCC2=O. The summed E-state index contributed by atoms with van der Waals surface area (Å²) in [7, 11) is 3.20. The second-order valence-electron chi connectivity index (χ2n) is 9.92. The van der Waals surface area contributed by atoms with Crippen LogP contribution in [0.1, 0.15) is 55.6 Å². The number of benzene rings is 2. The molecule has 6 nitrogen and oxygen atoms in total. The molecule has 0 bridgehead atoms. The summed E-state index contributed by atoms with van der Waals surface area (Å²) in [6.07, 6.45) is 4.05. The largest absolute Gasteiger partial charge is 0.493 e. The molecule has 0 amide bonds. The number of halogens is 3. The second-order valence-corrected chi connectivity index (χ2v) is 11.1. The first kappa shape index (κ1) is 28.0. The van der Waals surface area contributed by atoms with Crippen molar-refractivity contribution in [1.82, 2.24) is 4.90 Å². The molecule has 2 aliphatic carbocycles. The van der Waals surface area contributed by atoms with Crippen LogP contribution in [0, 0.1) is 0 Å². The summed E-state index contributed by atoms with van der Waals surface area (Å²) in [5, 5.41) is 1.23. The monoisotopic (exact) mass is 589 g/mol. The van der Waals surface area contributed by atoms with E-state index in [0.717, 1.165) is 48.2 Å². The van der Waals surface area contributed by atoms with Crippen LogP contribution in [0.5, 0.6) is 11.5 Å². The number of methoxy groups -OCH3 is 2. The lowest BCUT2D eigenvalue weighted by atomic mass is 9.71. The molecule has 206 valence electrons. The molecule has 9 heteroatoms. The Kier molecular flexibility index (Phi) is 8.57. The molecule has 5 rings (SSSR count). The molecule has 0 saturated carbocycles. The van der Waals surface area contributed by atoms with Gasteiger partial charge in [-0.1, -0.05) is 40.9 Å². The van der Waals surface area contributed by atoms with Gasteiger partial charge in [0.05, 0.1) is 28.8 Å². The van der Waals surface area contributed by atoms with Gasteiger partial charge in [-0.05, 0) is 61.1 Å². The predicted octanol–water partition coefficient (Wildman–Crippen LogP) is 7.29. The van der Waals surface area contributed by atoms with E-state index in [2.05, 4.69) is 4.90 Å². The van der Waals surface area contributed by atoms with Crippen LogP contribution in [0.25, 0.3) is 0 Å². The fourth-order valence-electron chi connectivity index (χ4n) is 5.83. The molecule has 0 N–H and O–H groups in total. The molecule has 0 radical (unpaired) electrons. The van der Waals surface area contributed by atoms with Crippen LogP contribution in [0.2, 0.25) is 15.1 Å². The number of allylic oxidation sites excluding steroid dienone is 4. The van der Waals surface area contributed by atoms with Gasteiger partial charge in [-0.3, -0.25) is 9.59 Å². The lowest BCUT2D eigenvalue weighted by molar-refractivity contribution is -0.117. The second kappa shape index (κ2) is 11.9. The molecule has 3 aliphatic rings. The molecule has 0 unspecified atom stereocenters. The van der Waals surface area contributed by atoms with Crippen molar-refractivity contribution >= 4 is 46.4 Å². The van der Waals surface area contributed by atoms with Gasteiger partial charge in [0.25, 0.3) is 0 Å². The van der Waals surface area contributed by atoms with Crippen molar-refractivity contribution in [2.45, 2.75) is 51.0 Å². The number of hydrogen-bond acceptors (Lipinski definition) is 6. The highest BCUT2D eigenvalue weighted by molar-refractivity contribution is 6.42. The Hall–Kier alpha value is -2.51. The van der Waals surface area contributed by atoms with E-state index in [9.17, 15) is 9.59 Å². The van der Waals surface area contributed by atoms with Gasteiger partial charge < -0.3 is 19.1 Å². The number of Topliss-reactive ketones (excluding diaryl/α,β-unsaturated/α-hetero) is 2. The van der Waals surface area contributed by atoms with E-state index >= 15 is 0 Å². The molecule has 0 aromatic heterocycles. The minimum Gasteiger partial charge on any atom is -0.493 e. The van der Waals surface area contributed by atoms with Gasteiger partial charge in [0.2, 0.25) is 0 Å². The zero-order valence-electron chi connectivity index (χ0n) is 22.0. The Morgan fingerprint density at radius 2 is 1.51 bits per heavy atom. The van der Waals surface area contributed by atoms with Crippen LogP contribution in [0.4, 0.5) is 0 Å². The fourth-order valence-corrected chi connectivity index (χ4v) is 6.43. The van der Waals surface area contributed by atoms with Gasteiger partial charge in [-0.2, -0.15) is 0 Å². The normalized spacial score (nSPS) is 17.9. The highest BCUT2D eigenvalue weighted by atomic mass is 35.5. The number of nitrogens with zero attached hydrogens (tertiary/aromatic N) is 1. The molecule has 2 aromatic carbocycles. The van der Waals surface area contributed by atoms with E-state index in [4.69, 9.17) is 49.0 Å². The standard InChI is InChI=1S/C30H30Cl3NO5/c1-37-12-11-34-22-5-3-7-24(35)28(22)27(29-23(34)6-4-8-25(29)36)18-14-21(33)30(26(15-18)38-2)39-16-17-9-10-19(31)20(32)13-17/h9-10,13-15,27H,3-8,11-12,16H2,1-2H3. The molecule has 0 atom stereocenters. The molecule has 2 aromatic rings. The molecule has 39 heavy (non-hydrogen) atoms. The first-order valence-corrected chi connectivity index (χ1v) is 14.2. The van der Waals surface area contributed by atoms with Crippen LogP contribution in [-0.2, 0) is 20.9 Å². The van der Waals surface area contributed by atoms with E-state index in [0.29, 0.717) is 63.7 Å². The van der Waals surface area contributed by atoms with Gasteiger partial charge in [-0.15, -0.1) is 0 Å². The van der Waals surface area contributed by atoms with Crippen molar-refractivity contribution in [1.29, 1.82) is 0 Å². The number of carbonyl (C=O) groups excluding carboxylic acids is 2. The molecule has 1 aliphatic heterocycles. The lowest BCUT2D eigenvalue weighted by Crippen LogP contribution is -2.40. The predicted molar refractivity (Wildman–Crippen MR) is 152 cm³/mol. The average molecular weight is 591 g/mol. The number of hydrogen-bond donors (Lipinski definition) is 0. The van der Waals surface area contributed by atoms with Crippen molar-refractivity contribution in [2.75, 3.05) is 27.4 Å². The van der Waals surface area contributed by atoms with Crippen molar-refractivity contribution < 1.29 is 23.8 Å². The minimum atomic E-state index is -0.495. The third-order valence-electron chi connectivity index (χ3n) is 7.56. The van der Waals surface area contributed by atoms with Crippen molar-refractivity contribution in [2.24, 2.45) is 0 Å². The zero-order valence-corrected chi connectivity index (χ0v) is 24.2. The molecular formula is C30H30Cl3NO5. The summed E-state index contributed by atoms with van der Waals surface area (Å²) in [6.45, 7) is 1.31. The number of ether oxygens (including phenoxy) is 3. The number of carbonyl (C=O) groups is 2. The molecular weight excluding hydrogens is 561 g/mol. The van der Waals surface area contributed by atoms with Crippen LogP contribution in [0.15, 0.2) is 52.9 Å². The van der Waals surface area contributed by atoms with E-state index in [1.54, 1.807) is 32.4 Å². The first-order chi connectivity index (χ1) is 18.8. The van der Waals surface area contributed by atoms with Gasteiger partial charge in [0, 0.05) is 55.0 Å².